The van der Waals surface area contributed by atoms with E-state index in [0.717, 1.165) is 11.8 Å². The number of nitrogens with one attached hydrogen (secondary N) is 1. The van der Waals surface area contributed by atoms with Crippen LogP contribution in [0, 0.1) is 0 Å². The van der Waals surface area contributed by atoms with Crippen molar-refractivity contribution in [3.63, 3.8) is 0 Å². The van der Waals surface area contributed by atoms with Crippen LogP contribution in [0.1, 0.15) is 11.9 Å². The van der Waals surface area contributed by atoms with E-state index in [0.29, 0.717) is 17.9 Å². The lowest BCUT2D eigenvalue weighted by Gasteiger charge is -2.02. The van der Waals surface area contributed by atoms with Crippen LogP contribution in [0.3, 0.4) is 0 Å². The van der Waals surface area contributed by atoms with Gasteiger partial charge < -0.3 is 9.15 Å². The number of hydrogen-bond donors (Lipinski definition) is 1. The highest BCUT2D eigenvalue weighted by Gasteiger charge is 2.35. The van der Waals surface area contributed by atoms with Crippen molar-refractivity contribution in [3.8, 4) is 17.2 Å². The average molecular weight is 431 g/mol. The molecule has 3 rings (SSSR count). The maximum Gasteiger partial charge on any atom is 0.445 e. The maximum atomic E-state index is 12.5. The number of aromatic nitrogens is 4. The molecule has 1 amide bonds. The molecule has 0 aliphatic carbocycles. The van der Waals surface area contributed by atoms with Crippen molar-refractivity contribution >= 4 is 34.1 Å². The molecule has 2 heterocycles. The minimum atomic E-state index is -4.60. The molecule has 3 aromatic rings. The minimum Gasteiger partial charge on any atom is -0.494 e. The summed E-state index contributed by atoms with van der Waals surface area (Å²) in [6.45, 7) is 2.43. The number of alkyl halides is 3. The number of hydrogen-bond acceptors (Lipinski definition) is 9. The molecule has 0 saturated carbocycles. The number of ether oxygens (including phenoxy) is 1. The van der Waals surface area contributed by atoms with Gasteiger partial charge in [0, 0.05) is 5.56 Å². The number of benzene rings is 1. The summed E-state index contributed by atoms with van der Waals surface area (Å²) < 4.78 is 48.2. The first-order valence-electron chi connectivity index (χ1n) is 7.75. The Labute approximate surface area is 164 Å². The monoisotopic (exact) mass is 431 g/mol. The molecule has 0 spiro atoms. The third-order valence-electron chi connectivity index (χ3n) is 3.06. The van der Waals surface area contributed by atoms with Gasteiger partial charge in [-0.05, 0) is 31.2 Å². The van der Waals surface area contributed by atoms with Crippen LogP contribution in [0.4, 0.5) is 18.3 Å². The van der Waals surface area contributed by atoms with Crippen molar-refractivity contribution in [2.75, 3.05) is 17.7 Å². The third-order valence-corrected chi connectivity index (χ3v) is 4.76. The van der Waals surface area contributed by atoms with E-state index < -0.39 is 17.1 Å². The summed E-state index contributed by atoms with van der Waals surface area (Å²) in [5.41, 5.74) is 0.681. The number of thioether (sulfide) groups is 1. The topological polar surface area (TPSA) is 103 Å². The molecule has 1 N–H and O–H groups in total. The van der Waals surface area contributed by atoms with Gasteiger partial charge in [0.15, 0.2) is 0 Å². The second-order valence-electron chi connectivity index (χ2n) is 5.08. The Hall–Kier alpha value is -2.67. The van der Waals surface area contributed by atoms with Gasteiger partial charge in [0.25, 0.3) is 5.22 Å². The standard InChI is InChI=1S/C15H12F3N5O3S2/c1-2-25-9-5-3-8(4-6-9)11-20-23-14(26-11)27-7-10(24)19-13-22-21-12(28-13)15(16,17)18/h3-6H,2,7H2,1H3,(H,19,22,24). The Morgan fingerprint density at radius 1 is 1.21 bits per heavy atom. The second kappa shape index (κ2) is 8.56. The SMILES string of the molecule is CCOc1ccc(-c2nnc(SCC(=O)Nc3nnc(C(F)(F)F)s3)o2)cc1. The van der Waals surface area contributed by atoms with Crippen LogP contribution in [0.15, 0.2) is 33.9 Å². The van der Waals surface area contributed by atoms with Crippen molar-refractivity contribution in [2.24, 2.45) is 0 Å². The molecule has 0 fully saturated rings. The molecule has 0 aliphatic rings. The number of carbonyl (C=O) groups excluding carboxylic acids is 1. The Morgan fingerprint density at radius 3 is 2.61 bits per heavy atom. The first kappa shape index (κ1) is 20.1. The van der Waals surface area contributed by atoms with E-state index in [9.17, 15) is 18.0 Å². The summed E-state index contributed by atoms with van der Waals surface area (Å²) in [4.78, 5) is 11.8. The summed E-state index contributed by atoms with van der Waals surface area (Å²) in [6.07, 6.45) is -4.60. The molecule has 0 atom stereocenters. The Balaban J connectivity index is 1.54. The van der Waals surface area contributed by atoms with Crippen LogP contribution in [0.25, 0.3) is 11.5 Å². The molecule has 0 saturated heterocycles. The maximum absolute atomic E-state index is 12.5. The molecule has 148 valence electrons. The van der Waals surface area contributed by atoms with Gasteiger partial charge in [-0.25, -0.2) is 0 Å². The molecule has 8 nitrogen and oxygen atoms in total. The highest BCUT2D eigenvalue weighted by molar-refractivity contribution is 7.99. The Bertz CT molecular complexity index is 943. The molecule has 0 aliphatic heterocycles. The Kier molecular flexibility index (Phi) is 6.14. The number of halogens is 3. The lowest BCUT2D eigenvalue weighted by atomic mass is 10.2. The predicted molar refractivity (Wildman–Crippen MR) is 95.2 cm³/mol. The first-order valence-corrected chi connectivity index (χ1v) is 9.55. The molecule has 2 aromatic heterocycles. The van der Waals surface area contributed by atoms with E-state index in [4.69, 9.17) is 9.15 Å². The van der Waals surface area contributed by atoms with Crippen LogP contribution in [-0.2, 0) is 11.0 Å². The zero-order valence-electron chi connectivity index (χ0n) is 14.2. The zero-order valence-corrected chi connectivity index (χ0v) is 15.8. The van der Waals surface area contributed by atoms with Crippen molar-refractivity contribution in [2.45, 2.75) is 18.3 Å². The van der Waals surface area contributed by atoms with E-state index in [1.807, 2.05) is 6.92 Å². The summed E-state index contributed by atoms with van der Waals surface area (Å²) in [5.74, 6) is 0.259. The highest BCUT2D eigenvalue weighted by atomic mass is 32.2. The molecule has 13 heteroatoms. The number of nitrogens with zero attached hydrogens (tertiary/aromatic N) is 4. The van der Waals surface area contributed by atoms with E-state index in [1.54, 1.807) is 24.3 Å². The quantitative estimate of drug-likeness (QED) is 0.565. The summed E-state index contributed by atoms with van der Waals surface area (Å²) in [6, 6.07) is 7.04. The van der Waals surface area contributed by atoms with Crippen LogP contribution >= 0.6 is 23.1 Å². The summed E-state index contributed by atoms with van der Waals surface area (Å²) >= 11 is 1.19. The second-order valence-corrected chi connectivity index (χ2v) is 6.98. The number of amides is 1. The Morgan fingerprint density at radius 2 is 1.96 bits per heavy atom. The van der Waals surface area contributed by atoms with Crippen LogP contribution in [0.2, 0.25) is 0 Å². The predicted octanol–water partition coefficient (Wildman–Crippen LogP) is 3.74. The smallest absolute Gasteiger partial charge is 0.445 e. The molecule has 28 heavy (non-hydrogen) atoms. The number of rotatable bonds is 7. The molecule has 1 aromatic carbocycles. The van der Waals surface area contributed by atoms with Gasteiger partial charge in [0.1, 0.15) is 5.75 Å². The summed E-state index contributed by atoms with van der Waals surface area (Å²) in [5, 5.41) is 15.0. The van der Waals surface area contributed by atoms with Crippen molar-refractivity contribution in [1.82, 2.24) is 20.4 Å². The lowest BCUT2D eigenvalue weighted by molar-refractivity contribution is -0.138. The number of anilines is 1. The van der Waals surface area contributed by atoms with Gasteiger partial charge in [-0.2, -0.15) is 13.2 Å². The van der Waals surface area contributed by atoms with Gasteiger partial charge >= 0.3 is 6.18 Å². The first-order chi connectivity index (χ1) is 13.3. The summed E-state index contributed by atoms with van der Waals surface area (Å²) in [7, 11) is 0. The van der Waals surface area contributed by atoms with Gasteiger partial charge in [-0.1, -0.05) is 23.1 Å². The fourth-order valence-corrected chi connectivity index (χ4v) is 3.11. The van der Waals surface area contributed by atoms with Crippen molar-refractivity contribution in [3.05, 3.63) is 29.3 Å². The van der Waals surface area contributed by atoms with Crippen molar-refractivity contribution in [1.29, 1.82) is 0 Å². The zero-order chi connectivity index (χ0) is 20.1. The normalized spacial score (nSPS) is 11.4. The molecule has 0 unspecified atom stereocenters. The van der Waals surface area contributed by atoms with E-state index in [2.05, 4.69) is 25.7 Å². The molecule has 0 bridgehead atoms. The fourth-order valence-electron chi connectivity index (χ4n) is 1.92. The van der Waals surface area contributed by atoms with Gasteiger partial charge in [0.05, 0.1) is 12.4 Å². The lowest BCUT2D eigenvalue weighted by Crippen LogP contribution is -2.13. The minimum absolute atomic E-state index is 0.146. The molecular formula is C15H12F3N5O3S2. The molecule has 0 radical (unpaired) electrons. The van der Waals surface area contributed by atoms with Crippen molar-refractivity contribution < 1.29 is 27.1 Å². The fraction of sp³-hybridized carbons (Fsp3) is 0.267. The van der Waals surface area contributed by atoms with E-state index in [1.165, 1.54) is 0 Å². The van der Waals surface area contributed by atoms with Gasteiger partial charge in [-0.15, -0.1) is 20.4 Å². The highest BCUT2D eigenvalue weighted by Crippen LogP contribution is 2.33. The van der Waals surface area contributed by atoms with Gasteiger partial charge in [0.2, 0.25) is 21.9 Å². The largest absolute Gasteiger partial charge is 0.494 e. The third kappa shape index (κ3) is 5.19. The van der Waals surface area contributed by atoms with Gasteiger partial charge in [-0.3, -0.25) is 10.1 Å². The van der Waals surface area contributed by atoms with Crippen LogP contribution < -0.4 is 10.1 Å². The van der Waals surface area contributed by atoms with E-state index >= 15 is 0 Å². The molecular weight excluding hydrogens is 419 g/mol. The van der Waals surface area contributed by atoms with Crippen LogP contribution in [0.5, 0.6) is 5.75 Å². The van der Waals surface area contributed by atoms with Crippen LogP contribution in [-0.4, -0.2) is 38.7 Å². The van der Waals surface area contributed by atoms with E-state index in [-0.39, 0.29) is 33.3 Å². The average Bonchev–Trinajstić information content (AvgIpc) is 3.30. The number of carbonyl (C=O) groups is 1.